The lowest BCUT2D eigenvalue weighted by atomic mass is 9.99. The highest BCUT2D eigenvalue weighted by molar-refractivity contribution is 6.03. The molecule has 0 spiro atoms. The average Bonchev–Trinajstić information content (AvgIpc) is 3.19. The summed E-state index contributed by atoms with van der Waals surface area (Å²) in [7, 11) is 0. The van der Waals surface area contributed by atoms with E-state index in [0.29, 0.717) is 17.6 Å². The maximum absolute atomic E-state index is 12.6. The number of nitrogens with zero attached hydrogens (tertiary/aromatic N) is 2. The molecule has 0 saturated heterocycles. The topological polar surface area (TPSA) is 57.8 Å². The number of hydrazone groups is 1. The van der Waals surface area contributed by atoms with Crippen LogP contribution in [0.25, 0.3) is 11.0 Å². The average molecular weight is 361 g/mol. The zero-order valence-electron chi connectivity index (χ0n) is 15.6. The van der Waals surface area contributed by atoms with Gasteiger partial charge in [-0.15, -0.1) is 0 Å². The monoisotopic (exact) mass is 361 g/mol. The van der Waals surface area contributed by atoms with Crippen molar-refractivity contribution in [2.24, 2.45) is 5.10 Å². The lowest BCUT2D eigenvalue weighted by Crippen LogP contribution is -2.21. The van der Waals surface area contributed by atoms with E-state index >= 15 is 0 Å². The smallest absolute Gasteiger partial charge is 0.345 e. The Bertz CT molecular complexity index is 1040. The van der Waals surface area contributed by atoms with Crippen molar-refractivity contribution in [2.75, 3.05) is 18.0 Å². The van der Waals surface area contributed by atoms with Crippen molar-refractivity contribution in [2.45, 2.75) is 26.3 Å². The Kier molecular flexibility index (Phi) is 4.67. The third-order valence-corrected chi connectivity index (χ3v) is 5.11. The zero-order valence-corrected chi connectivity index (χ0v) is 15.6. The molecule has 1 aromatic heterocycles. The van der Waals surface area contributed by atoms with Gasteiger partial charge in [0.1, 0.15) is 5.58 Å². The minimum absolute atomic E-state index is 0.0846. The van der Waals surface area contributed by atoms with Gasteiger partial charge in [0.05, 0.1) is 17.3 Å². The molecule has 3 aromatic rings. The van der Waals surface area contributed by atoms with Crippen molar-refractivity contribution < 1.29 is 4.42 Å². The summed E-state index contributed by atoms with van der Waals surface area (Å²) in [4.78, 5) is 14.8. The fourth-order valence-corrected chi connectivity index (χ4v) is 3.57. The molecule has 138 valence electrons. The lowest BCUT2D eigenvalue weighted by molar-refractivity contribution is 0.559. The van der Waals surface area contributed by atoms with Gasteiger partial charge in [0.2, 0.25) is 0 Å². The zero-order chi connectivity index (χ0) is 18.8. The molecule has 2 heterocycles. The first-order valence-electron chi connectivity index (χ1n) is 9.40. The number of nitrogens with one attached hydrogen (secondary N) is 1. The molecule has 5 heteroatoms. The molecule has 27 heavy (non-hydrogen) atoms. The van der Waals surface area contributed by atoms with Gasteiger partial charge in [-0.1, -0.05) is 30.3 Å². The minimum atomic E-state index is -0.339. The van der Waals surface area contributed by atoms with E-state index in [0.717, 1.165) is 35.4 Å². The molecule has 0 bridgehead atoms. The summed E-state index contributed by atoms with van der Waals surface area (Å²) in [6, 6.07) is 18.1. The van der Waals surface area contributed by atoms with Crippen molar-refractivity contribution >= 4 is 22.4 Å². The molecule has 0 radical (unpaired) electrons. The third-order valence-electron chi connectivity index (χ3n) is 5.11. The van der Waals surface area contributed by atoms with Crippen molar-refractivity contribution in [3.63, 3.8) is 0 Å². The normalized spacial score (nSPS) is 16.2. The Morgan fingerprint density at radius 1 is 1.11 bits per heavy atom. The molecule has 1 aliphatic heterocycles. The van der Waals surface area contributed by atoms with Crippen LogP contribution in [0.15, 0.2) is 68.9 Å². The van der Waals surface area contributed by atoms with E-state index in [9.17, 15) is 4.79 Å². The largest absolute Gasteiger partial charge is 0.422 e. The predicted octanol–water partition coefficient (Wildman–Crippen LogP) is 4.08. The molecule has 1 unspecified atom stereocenters. The summed E-state index contributed by atoms with van der Waals surface area (Å²) in [5.41, 5.74) is 6.90. The van der Waals surface area contributed by atoms with Crippen LogP contribution < -0.4 is 16.0 Å². The second-order valence-electron chi connectivity index (χ2n) is 6.70. The SMILES string of the molecule is CCN(CC)c1ccc2cc(C3=NNC(c4ccccc4)C3)c(=O)oc2c1. The van der Waals surface area contributed by atoms with Crippen LogP contribution in [-0.4, -0.2) is 18.8 Å². The fraction of sp³-hybridized carbons (Fsp3) is 0.273. The highest BCUT2D eigenvalue weighted by Gasteiger charge is 2.23. The molecule has 4 rings (SSSR count). The van der Waals surface area contributed by atoms with E-state index in [-0.39, 0.29) is 11.7 Å². The molecule has 1 atom stereocenters. The van der Waals surface area contributed by atoms with Crippen LogP contribution in [0.3, 0.4) is 0 Å². The first kappa shape index (κ1) is 17.3. The van der Waals surface area contributed by atoms with E-state index in [2.05, 4.69) is 47.5 Å². The third kappa shape index (κ3) is 3.33. The standard InChI is InChI=1S/C22H23N3O2/c1-3-25(4-2)17-11-10-16-12-18(22(26)27-21(16)13-17)20-14-19(23-24-20)15-8-6-5-7-9-15/h5-13,19,23H,3-4,14H2,1-2H3. The van der Waals surface area contributed by atoms with Crippen LogP contribution in [-0.2, 0) is 0 Å². The first-order chi connectivity index (χ1) is 13.2. The van der Waals surface area contributed by atoms with Crippen LogP contribution in [0.1, 0.15) is 37.4 Å². The van der Waals surface area contributed by atoms with E-state index < -0.39 is 0 Å². The number of fused-ring (bicyclic) bond motifs is 1. The van der Waals surface area contributed by atoms with Gasteiger partial charge >= 0.3 is 5.63 Å². The summed E-state index contributed by atoms with van der Waals surface area (Å²) < 4.78 is 5.64. The lowest BCUT2D eigenvalue weighted by Gasteiger charge is -2.21. The minimum Gasteiger partial charge on any atom is -0.422 e. The Hall–Kier alpha value is -3.08. The molecule has 5 nitrogen and oxygen atoms in total. The maximum atomic E-state index is 12.6. The summed E-state index contributed by atoms with van der Waals surface area (Å²) in [5, 5.41) is 5.31. The van der Waals surface area contributed by atoms with E-state index in [1.165, 1.54) is 0 Å². The van der Waals surface area contributed by atoms with Crippen molar-refractivity contribution in [3.05, 3.63) is 76.1 Å². The molecular weight excluding hydrogens is 338 g/mol. The maximum Gasteiger partial charge on any atom is 0.345 e. The van der Waals surface area contributed by atoms with E-state index in [1.54, 1.807) is 0 Å². The van der Waals surface area contributed by atoms with E-state index in [1.807, 2.05) is 36.4 Å². The summed E-state index contributed by atoms with van der Waals surface area (Å²) in [6.07, 6.45) is 0.664. The second-order valence-corrected chi connectivity index (χ2v) is 6.70. The van der Waals surface area contributed by atoms with Crippen LogP contribution in [0, 0.1) is 0 Å². The van der Waals surface area contributed by atoms with E-state index in [4.69, 9.17) is 4.42 Å². The van der Waals surface area contributed by atoms with Gasteiger partial charge in [-0.3, -0.25) is 0 Å². The Morgan fingerprint density at radius 2 is 1.89 bits per heavy atom. The Morgan fingerprint density at radius 3 is 2.63 bits per heavy atom. The quantitative estimate of drug-likeness (QED) is 0.696. The molecule has 1 aliphatic rings. The summed E-state index contributed by atoms with van der Waals surface area (Å²) in [5.74, 6) is 0. The molecule has 2 aromatic carbocycles. The fourth-order valence-electron chi connectivity index (χ4n) is 3.57. The highest BCUT2D eigenvalue weighted by Crippen LogP contribution is 2.26. The van der Waals surface area contributed by atoms with Crippen molar-refractivity contribution in [3.8, 4) is 0 Å². The number of hydrogen-bond acceptors (Lipinski definition) is 5. The number of anilines is 1. The molecule has 1 N–H and O–H groups in total. The van der Waals surface area contributed by atoms with Gasteiger partial charge in [0.15, 0.2) is 0 Å². The van der Waals surface area contributed by atoms with Gasteiger partial charge in [-0.05, 0) is 37.6 Å². The Labute approximate surface area is 158 Å². The molecule has 0 amide bonds. The van der Waals surface area contributed by atoms with Gasteiger partial charge < -0.3 is 14.7 Å². The summed E-state index contributed by atoms with van der Waals surface area (Å²) >= 11 is 0. The van der Waals surface area contributed by atoms with Gasteiger partial charge in [-0.2, -0.15) is 5.10 Å². The molecular formula is C22H23N3O2. The van der Waals surface area contributed by atoms with Crippen molar-refractivity contribution in [1.29, 1.82) is 0 Å². The molecule has 0 fully saturated rings. The molecule has 0 saturated carbocycles. The van der Waals surface area contributed by atoms with Crippen LogP contribution in [0.5, 0.6) is 0 Å². The first-order valence-corrected chi connectivity index (χ1v) is 9.40. The summed E-state index contributed by atoms with van der Waals surface area (Å²) in [6.45, 7) is 6.05. The van der Waals surface area contributed by atoms with Gasteiger partial charge in [0, 0.05) is 36.7 Å². The predicted molar refractivity (Wildman–Crippen MR) is 110 cm³/mol. The Balaban J connectivity index is 1.64. The van der Waals surface area contributed by atoms with Gasteiger partial charge in [0.25, 0.3) is 0 Å². The molecule has 0 aliphatic carbocycles. The van der Waals surface area contributed by atoms with Crippen LogP contribution in [0.2, 0.25) is 0 Å². The number of hydrogen-bond donors (Lipinski definition) is 1. The van der Waals surface area contributed by atoms with Crippen molar-refractivity contribution in [1.82, 2.24) is 5.43 Å². The van der Waals surface area contributed by atoms with Crippen LogP contribution >= 0.6 is 0 Å². The highest BCUT2D eigenvalue weighted by atomic mass is 16.4. The number of benzene rings is 2. The van der Waals surface area contributed by atoms with Crippen LogP contribution in [0.4, 0.5) is 5.69 Å². The second kappa shape index (κ2) is 7.27. The number of rotatable bonds is 5. The van der Waals surface area contributed by atoms with Gasteiger partial charge in [-0.25, -0.2) is 4.79 Å².